The molecule has 0 aliphatic rings. The topological polar surface area (TPSA) is 93.8 Å². The summed E-state index contributed by atoms with van der Waals surface area (Å²) in [7, 11) is 0. The average molecular weight is 362 g/mol. The van der Waals surface area contributed by atoms with Crippen LogP contribution >= 0.6 is 11.6 Å². The van der Waals surface area contributed by atoms with Crippen LogP contribution in [0.5, 0.6) is 5.75 Å². The van der Waals surface area contributed by atoms with Crippen molar-refractivity contribution in [3.63, 3.8) is 0 Å². The Morgan fingerprint density at radius 3 is 2.84 bits per heavy atom. The number of halogens is 1. The molecule has 0 atom stereocenters. The maximum Gasteiger partial charge on any atom is 0.288 e. The SMILES string of the molecule is Cc1cccc(OCC(=O)N/N=C/c2ccc(Cl)c([N+](=O)[O-])c2)c1C. The van der Waals surface area contributed by atoms with E-state index in [4.69, 9.17) is 16.3 Å². The Balaban J connectivity index is 1.91. The second-order valence-electron chi connectivity index (χ2n) is 5.25. The van der Waals surface area contributed by atoms with Crippen LogP contribution in [-0.4, -0.2) is 23.7 Å². The predicted octanol–water partition coefficient (Wildman–Crippen LogP) is 3.39. The second-order valence-corrected chi connectivity index (χ2v) is 5.66. The zero-order valence-electron chi connectivity index (χ0n) is 13.7. The molecule has 1 amide bonds. The van der Waals surface area contributed by atoms with Crippen molar-refractivity contribution in [3.8, 4) is 5.75 Å². The van der Waals surface area contributed by atoms with Gasteiger partial charge in [-0.2, -0.15) is 5.10 Å². The molecule has 0 aliphatic heterocycles. The number of ether oxygens (including phenoxy) is 1. The summed E-state index contributed by atoms with van der Waals surface area (Å²) in [6, 6.07) is 9.80. The van der Waals surface area contributed by atoms with Gasteiger partial charge < -0.3 is 4.74 Å². The molecule has 0 saturated heterocycles. The van der Waals surface area contributed by atoms with Crippen molar-refractivity contribution in [1.29, 1.82) is 0 Å². The molecule has 8 heteroatoms. The van der Waals surface area contributed by atoms with Crippen LogP contribution in [0.3, 0.4) is 0 Å². The fourth-order valence-corrected chi connectivity index (χ4v) is 2.17. The summed E-state index contributed by atoms with van der Waals surface area (Å²) in [4.78, 5) is 22.0. The fraction of sp³-hybridized carbons (Fsp3) is 0.176. The summed E-state index contributed by atoms with van der Waals surface area (Å²) < 4.78 is 5.46. The average Bonchev–Trinajstić information content (AvgIpc) is 2.57. The van der Waals surface area contributed by atoms with Crippen LogP contribution in [0, 0.1) is 24.0 Å². The van der Waals surface area contributed by atoms with Gasteiger partial charge in [0.1, 0.15) is 10.8 Å². The van der Waals surface area contributed by atoms with Crippen LogP contribution < -0.4 is 10.2 Å². The molecule has 2 aromatic carbocycles. The highest BCUT2D eigenvalue weighted by Crippen LogP contribution is 2.24. The molecule has 130 valence electrons. The number of carbonyl (C=O) groups is 1. The smallest absolute Gasteiger partial charge is 0.288 e. The molecule has 0 heterocycles. The Kier molecular flexibility index (Phi) is 6.08. The highest BCUT2D eigenvalue weighted by atomic mass is 35.5. The molecular weight excluding hydrogens is 346 g/mol. The molecule has 0 radical (unpaired) electrons. The van der Waals surface area contributed by atoms with Crippen LogP contribution in [0.15, 0.2) is 41.5 Å². The molecule has 0 fully saturated rings. The molecule has 0 spiro atoms. The van der Waals surface area contributed by atoms with Crippen molar-refractivity contribution < 1.29 is 14.5 Å². The Morgan fingerprint density at radius 1 is 1.36 bits per heavy atom. The quantitative estimate of drug-likeness (QED) is 0.484. The molecule has 2 rings (SSSR count). The summed E-state index contributed by atoms with van der Waals surface area (Å²) >= 11 is 5.73. The molecule has 0 saturated carbocycles. The standard InChI is InChI=1S/C17H16ClN3O4/c1-11-4-3-5-16(12(11)2)25-10-17(22)20-19-9-13-6-7-14(18)15(8-13)21(23)24/h3-9H,10H2,1-2H3,(H,20,22)/b19-9+. The van der Waals surface area contributed by atoms with Gasteiger partial charge in [-0.05, 0) is 37.1 Å². The van der Waals surface area contributed by atoms with Crippen molar-refractivity contribution in [2.24, 2.45) is 5.10 Å². The molecule has 0 aliphatic carbocycles. The van der Waals surface area contributed by atoms with E-state index < -0.39 is 10.8 Å². The summed E-state index contributed by atoms with van der Waals surface area (Å²) in [5, 5.41) is 14.6. The number of hydrogen-bond acceptors (Lipinski definition) is 5. The number of benzene rings is 2. The normalized spacial score (nSPS) is 10.7. The summed E-state index contributed by atoms with van der Waals surface area (Å²) in [6.07, 6.45) is 1.29. The van der Waals surface area contributed by atoms with Gasteiger partial charge in [0.15, 0.2) is 6.61 Å². The number of hydrazone groups is 1. The van der Waals surface area contributed by atoms with Crippen molar-refractivity contribution >= 4 is 29.4 Å². The summed E-state index contributed by atoms with van der Waals surface area (Å²) in [5.41, 5.74) is 4.55. The molecular formula is C17H16ClN3O4. The van der Waals surface area contributed by atoms with Crippen LogP contribution in [0.2, 0.25) is 5.02 Å². The van der Waals surface area contributed by atoms with E-state index in [9.17, 15) is 14.9 Å². The lowest BCUT2D eigenvalue weighted by Crippen LogP contribution is -2.24. The van der Waals surface area contributed by atoms with E-state index in [1.807, 2.05) is 26.0 Å². The zero-order valence-corrected chi connectivity index (χ0v) is 14.4. The van der Waals surface area contributed by atoms with E-state index in [0.29, 0.717) is 11.3 Å². The fourth-order valence-electron chi connectivity index (χ4n) is 1.98. The van der Waals surface area contributed by atoms with Crippen LogP contribution in [0.25, 0.3) is 0 Å². The minimum Gasteiger partial charge on any atom is -0.483 e. The maximum atomic E-state index is 11.8. The number of amides is 1. The number of carbonyl (C=O) groups excluding carboxylic acids is 1. The first-order chi connectivity index (χ1) is 11.9. The minimum atomic E-state index is -0.587. The molecule has 0 unspecified atom stereocenters. The molecule has 0 bridgehead atoms. The number of nitrogens with one attached hydrogen (secondary N) is 1. The van der Waals surface area contributed by atoms with Gasteiger partial charge in [0, 0.05) is 11.6 Å². The third-order valence-corrected chi connectivity index (χ3v) is 3.80. The molecule has 2 aromatic rings. The van der Waals surface area contributed by atoms with Crippen molar-refractivity contribution in [3.05, 3.63) is 68.2 Å². The van der Waals surface area contributed by atoms with Crippen LogP contribution in [-0.2, 0) is 4.79 Å². The number of aryl methyl sites for hydroxylation is 1. The molecule has 7 nitrogen and oxygen atoms in total. The largest absolute Gasteiger partial charge is 0.483 e. The first kappa shape index (κ1) is 18.4. The van der Waals surface area contributed by atoms with Gasteiger partial charge in [-0.1, -0.05) is 29.8 Å². The Bertz CT molecular complexity index is 837. The van der Waals surface area contributed by atoms with E-state index in [-0.39, 0.29) is 17.3 Å². The number of rotatable bonds is 6. The van der Waals surface area contributed by atoms with E-state index in [2.05, 4.69) is 10.5 Å². The summed E-state index contributed by atoms with van der Waals surface area (Å²) in [5.74, 6) is 0.188. The first-order valence-corrected chi connectivity index (χ1v) is 7.71. The van der Waals surface area contributed by atoms with E-state index in [1.165, 1.54) is 18.3 Å². The predicted molar refractivity (Wildman–Crippen MR) is 95.3 cm³/mol. The highest BCUT2D eigenvalue weighted by Gasteiger charge is 2.12. The van der Waals surface area contributed by atoms with E-state index in [1.54, 1.807) is 12.1 Å². The molecule has 1 N–H and O–H groups in total. The zero-order chi connectivity index (χ0) is 18.4. The Morgan fingerprint density at radius 2 is 2.12 bits per heavy atom. The van der Waals surface area contributed by atoms with Gasteiger partial charge >= 0.3 is 0 Å². The van der Waals surface area contributed by atoms with Crippen molar-refractivity contribution in [1.82, 2.24) is 5.43 Å². The third kappa shape index (κ3) is 5.02. The number of nitro groups is 1. The van der Waals surface area contributed by atoms with Gasteiger partial charge in [0.2, 0.25) is 0 Å². The van der Waals surface area contributed by atoms with Gasteiger partial charge in [0.05, 0.1) is 11.1 Å². The maximum absolute atomic E-state index is 11.8. The second kappa shape index (κ2) is 8.25. The monoisotopic (exact) mass is 361 g/mol. The summed E-state index contributed by atoms with van der Waals surface area (Å²) in [6.45, 7) is 3.68. The van der Waals surface area contributed by atoms with E-state index in [0.717, 1.165) is 11.1 Å². The lowest BCUT2D eigenvalue weighted by atomic mass is 10.1. The molecule has 0 aromatic heterocycles. The lowest BCUT2D eigenvalue weighted by molar-refractivity contribution is -0.384. The van der Waals surface area contributed by atoms with Gasteiger partial charge in [-0.15, -0.1) is 0 Å². The van der Waals surface area contributed by atoms with Crippen molar-refractivity contribution in [2.75, 3.05) is 6.61 Å². The Hall–Kier alpha value is -2.93. The minimum absolute atomic E-state index is 0.0353. The third-order valence-electron chi connectivity index (χ3n) is 3.48. The van der Waals surface area contributed by atoms with Gasteiger partial charge in [-0.25, -0.2) is 5.43 Å². The van der Waals surface area contributed by atoms with Crippen LogP contribution in [0.1, 0.15) is 16.7 Å². The van der Waals surface area contributed by atoms with Crippen LogP contribution in [0.4, 0.5) is 5.69 Å². The Labute approximate surface area is 149 Å². The number of nitro benzene ring substituents is 1. The number of hydrogen-bond donors (Lipinski definition) is 1. The highest BCUT2D eigenvalue weighted by molar-refractivity contribution is 6.32. The number of nitrogens with zero attached hydrogens (tertiary/aromatic N) is 2. The van der Waals surface area contributed by atoms with Crippen molar-refractivity contribution in [2.45, 2.75) is 13.8 Å². The van der Waals surface area contributed by atoms with Gasteiger partial charge in [0.25, 0.3) is 11.6 Å². The first-order valence-electron chi connectivity index (χ1n) is 7.33. The molecule has 25 heavy (non-hydrogen) atoms. The van der Waals surface area contributed by atoms with E-state index >= 15 is 0 Å². The van der Waals surface area contributed by atoms with Gasteiger partial charge in [-0.3, -0.25) is 14.9 Å². The lowest BCUT2D eigenvalue weighted by Gasteiger charge is -2.09.